The predicted octanol–water partition coefficient (Wildman–Crippen LogP) is 2.14. The number of rotatable bonds is 3. The molecule has 1 aliphatic heterocycles. The summed E-state index contributed by atoms with van der Waals surface area (Å²) < 4.78 is 0. The molecule has 0 aromatic carbocycles. The third-order valence-electron chi connectivity index (χ3n) is 3.31. The van der Waals surface area contributed by atoms with Crippen LogP contribution in [-0.4, -0.2) is 24.0 Å². The quantitative estimate of drug-likeness (QED) is 0.860. The van der Waals surface area contributed by atoms with Gasteiger partial charge in [0.05, 0.1) is 17.8 Å². The Morgan fingerprint density at radius 1 is 1.50 bits per heavy atom. The molecule has 1 aromatic rings. The minimum atomic E-state index is 0.0866. The zero-order chi connectivity index (χ0) is 13.0. The number of pyridine rings is 1. The Balaban J connectivity index is 1.94. The van der Waals surface area contributed by atoms with Gasteiger partial charge >= 0.3 is 0 Å². The molecule has 2 rings (SSSR count). The van der Waals surface area contributed by atoms with E-state index in [1.807, 2.05) is 12.1 Å². The standard InChI is InChI=1S/C14H21N3O/c1-10(2)13-6-5-12(9-16-13)17-14(18)11-4-3-7-15-8-11/h5-6,9-11,15H,3-4,7-8H2,1-2H3,(H,17,18). The van der Waals surface area contributed by atoms with E-state index in [0.29, 0.717) is 5.92 Å². The van der Waals surface area contributed by atoms with Gasteiger partial charge in [0, 0.05) is 12.2 Å². The van der Waals surface area contributed by atoms with Crippen LogP contribution in [0.5, 0.6) is 0 Å². The van der Waals surface area contributed by atoms with E-state index < -0.39 is 0 Å². The minimum absolute atomic E-state index is 0.0866. The van der Waals surface area contributed by atoms with Crippen molar-refractivity contribution in [2.45, 2.75) is 32.6 Å². The van der Waals surface area contributed by atoms with Crippen molar-refractivity contribution in [3.8, 4) is 0 Å². The molecule has 1 aliphatic rings. The summed E-state index contributed by atoms with van der Waals surface area (Å²) in [4.78, 5) is 16.4. The van der Waals surface area contributed by atoms with E-state index in [4.69, 9.17) is 0 Å². The van der Waals surface area contributed by atoms with Crippen molar-refractivity contribution < 1.29 is 4.79 Å². The van der Waals surface area contributed by atoms with Gasteiger partial charge in [-0.15, -0.1) is 0 Å². The first-order valence-corrected chi connectivity index (χ1v) is 6.64. The Hall–Kier alpha value is -1.42. The van der Waals surface area contributed by atoms with Crippen molar-refractivity contribution in [3.63, 3.8) is 0 Å². The number of anilines is 1. The molecule has 2 N–H and O–H groups in total. The van der Waals surface area contributed by atoms with Crippen LogP contribution in [0.1, 0.15) is 38.3 Å². The van der Waals surface area contributed by atoms with Crippen LogP contribution in [0.3, 0.4) is 0 Å². The SMILES string of the molecule is CC(C)c1ccc(NC(=O)C2CCCNC2)cn1. The first kappa shape index (κ1) is 13.0. The molecule has 0 aliphatic carbocycles. The molecule has 0 radical (unpaired) electrons. The van der Waals surface area contributed by atoms with E-state index in [1.165, 1.54) is 0 Å². The summed E-state index contributed by atoms with van der Waals surface area (Å²) in [6.45, 7) is 6.01. The van der Waals surface area contributed by atoms with E-state index in [0.717, 1.165) is 37.3 Å². The number of hydrogen-bond acceptors (Lipinski definition) is 3. The number of hydrogen-bond donors (Lipinski definition) is 2. The summed E-state index contributed by atoms with van der Waals surface area (Å²) in [6.07, 6.45) is 3.78. The van der Waals surface area contributed by atoms with Gasteiger partial charge in [-0.1, -0.05) is 13.8 Å². The Morgan fingerprint density at radius 2 is 2.33 bits per heavy atom. The number of amides is 1. The minimum Gasteiger partial charge on any atom is -0.324 e. The summed E-state index contributed by atoms with van der Waals surface area (Å²) in [7, 11) is 0. The van der Waals surface area contributed by atoms with Crippen molar-refractivity contribution in [2.24, 2.45) is 5.92 Å². The molecular formula is C14H21N3O. The molecule has 1 fully saturated rings. The lowest BCUT2D eigenvalue weighted by molar-refractivity contribution is -0.120. The van der Waals surface area contributed by atoms with Gasteiger partial charge < -0.3 is 10.6 Å². The second-order valence-corrected chi connectivity index (χ2v) is 5.16. The normalized spacial score (nSPS) is 19.8. The lowest BCUT2D eigenvalue weighted by Crippen LogP contribution is -2.37. The van der Waals surface area contributed by atoms with Crippen molar-refractivity contribution in [1.82, 2.24) is 10.3 Å². The number of piperidine rings is 1. The van der Waals surface area contributed by atoms with Crippen LogP contribution in [0.25, 0.3) is 0 Å². The van der Waals surface area contributed by atoms with Gasteiger partial charge in [0.15, 0.2) is 0 Å². The van der Waals surface area contributed by atoms with Gasteiger partial charge in [0.25, 0.3) is 0 Å². The van der Waals surface area contributed by atoms with Gasteiger partial charge in [-0.2, -0.15) is 0 Å². The van der Waals surface area contributed by atoms with Crippen molar-refractivity contribution >= 4 is 11.6 Å². The second-order valence-electron chi connectivity index (χ2n) is 5.16. The summed E-state index contributed by atoms with van der Waals surface area (Å²) in [6, 6.07) is 3.90. The molecule has 1 atom stereocenters. The first-order valence-electron chi connectivity index (χ1n) is 6.64. The molecule has 98 valence electrons. The number of nitrogens with zero attached hydrogens (tertiary/aromatic N) is 1. The van der Waals surface area contributed by atoms with Crippen molar-refractivity contribution in [3.05, 3.63) is 24.0 Å². The molecule has 4 heteroatoms. The highest BCUT2D eigenvalue weighted by Crippen LogP contribution is 2.16. The van der Waals surface area contributed by atoms with Crippen LogP contribution in [0.2, 0.25) is 0 Å². The fourth-order valence-electron chi connectivity index (χ4n) is 2.14. The van der Waals surface area contributed by atoms with E-state index in [-0.39, 0.29) is 11.8 Å². The van der Waals surface area contributed by atoms with Crippen LogP contribution in [0.4, 0.5) is 5.69 Å². The van der Waals surface area contributed by atoms with Crippen molar-refractivity contribution in [1.29, 1.82) is 0 Å². The van der Waals surface area contributed by atoms with Gasteiger partial charge in [-0.3, -0.25) is 9.78 Å². The molecule has 0 bridgehead atoms. The van der Waals surface area contributed by atoms with Crippen LogP contribution in [0.15, 0.2) is 18.3 Å². The summed E-state index contributed by atoms with van der Waals surface area (Å²) >= 11 is 0. The first-order chi connectivity index (χ1) is 8.66. The molecule has 2 heterocycles. The Kier molecular flexibility index (Phi) is 4.31. The van der Waals surface area contributed by atoms with Crippen LogP contribution in [0, 0.1) is 5.92 Å². The number of carbonyl (C=O) groups excluding carboxylic acids is 1. The third kappa shape index (κ3) is 3.29. The van der Waals surface area contributed by atoms with E-state index >= 15 is 0 Å². The van der Waals surface area contributed by atoms with Crippen LogP contribution < -0.4 is 10.6 Å². The zero-order valence-corrected chi connectivity index (χ0v) is 11.1. The average molecular weight is 247 g/mol. The lowest BCUT2D eigenvalue weighted by Gasteiger charge is -2.21. The summed E-state index contributed by atoms with van der Waals surface area (Å²) in [5.41, 5.74) is 1.84. The Morgan fingerprint density at radius 3 is 2.89 bits per heavy atom. The molecule has 0 saturated carbocycles. The lowest BCUT2D eigenvalue weighted by atomic mass is 9.99. The summed E-state index contributed by atoms with van der Waals surface area (Å²) in [5.74, 6) is 0.599. The molecule has 18 heavy (non-hydrogen) atoms. The molecule has 1 amide bonds. The highest BCUT2D eigenvalue weighted by atomic mass is 16.1. The van der Waals surface area contributed by atoms with Gasteiger partial charge in [0.1, 0.15) is 0 Å². The molecule has 1 saturated heterocycles. The maximum atomic E-state index is 12.0. The highest BCUT2D eigenvalue weighted by Gasteiger charge is 2.20. The molecular weight excluding hydrogens is 226 g/mol. The average Bonchev–Trinajstić information content (AvgIpc) is 2.40. The summed E-state index contributed by atoms with van der Waals surface area (Å²) in [5, 5.41) is 6.19. The van der Waals surface area contributed by atoms with Crippen LogP contribution in [-0.2, 0) is 4.79 Å². The van der Waals surface area contributed by atoms with E-state index in [1.54, 1.807) is 6.20 Å². The fraction of sp³-hybridized carbons (Fsp3) is 0.571. The smallest absolute Gasteiger partial charge is 0.228 e. The topological polar surface area (TPSA) is 54.0 Å². The molecule has 0 spiro atoms. The zero-order valence-electron chi connectivity index (χ0n) is 11.1. The highest BCUT2D eigenvalue weighted by molar-refractivity contribution is 5.92. The predicted molar refractivity (Wildman–Crippen MR) is 72.5 cm³/mol. The molecule has 1 unspecified atom stereocenters. The maximum absolute atomic E-state index is 12.0. The monoisotopic (exact) mass is 247 g/mol. The van der Waals surface area contributed by atoms with Crippen LogP contribution >= 0.6 is 0 Å². The van der Waals surface area contributed by atoms with Gasteiger partial charge in [-0.25, -0.2) is 0 Å². The third-order valence-corrected chi connectivity index (χ3v) is 3.31. The second kappa shape index (κ2) is 5.96. The Labute approximate surface area is 108 Å². The van der Waals surface area contributed by atoms with E-state index in [9.17, 15) is 4.79 Å². The Bertz CT molecular complexity index is 394. The van der Waals surface area contributed by atoms with Gasteiger partial charge in [-0.05, 0) is 37.4 Å². The maximum Gasteiger partial charge on any atom is 0.228 e. The number of carbonyl (C=O) groups is 1. The van der Waals surface area contributed by atoms with Crippen molar-refractivity contribution in [2.75, 3.05) is 18.4 Å². The van der Waals surface area contributed by atoms with Gasteiger partial charge in [0.2, 0.25) is 5.91 Å². The molecule has 1 aromatic heterocycles. The molecule has 4 nitrogen and oxygen atoms in total. The largest absolute Gasteiger partial charge is 0.324 e. The fourth-order valence-corrected chi connectivity index (χ4v) is 2.14. The van der Waals surface area contributed by atoms with E-state index in [2.05, 4.69) is 29.5 Å². The number of nitrogens with one attached hydrogen (secondary N) is 2. The number of aromatic nitrogens is 1.